The van der Waals surface area contributed by atoms with E-state index in [2.05, 4.69) is 26.2 Å². The standard InChI is InChI=1S/C23H17FN4O2/c1-3-16-9-17-13-26-23(27-19-6-4-5-18(24)10-19)28-20(17)11-21(16)30-14-15-7-8-22(29-2)25-12-15/h1,4-13H,14H2,2H3,(H,26,27,28). The van der Waals surface area contributed by atoms with Crippen molar-refractivity contribution in [3.8, 4) is 24.0 Å². The molecule has 0 atom stereocenters. The third kappa shape index (κ3) is 4.28. The molecular weight excluding hydrogens is 383 g/mol. The number of rotatable bonds is 6. The first-order valence-corrected chi connectivity index (χ1v) is 9.06. The first kappa shape index (κ1) is 19.2. The number of benzene rings is 2. The summed E-state index contributed by atoms with van der Waals surface area (Å²) in [6.45, 7) is 0.288. The van der Waals surface area contributed by atoms with Gasteiger partial charge in [0.2, 0.25) is 11.8 Å². The van der Waals surface area contributed by atoms with Crippen molar-refractivity contribution in [2.75, 3.05) is 12.4 Å². The van der Waals surface area contributed by atoms with E-state index in [-0.39, 0.29) is 12.4 Å². The molecule has 0 fully saturated rings. The predicted molar refractivity (Wildman–Crippen MR) is 112 cm³/mol. The Morgan fingerprint density at radius 1 is 1.10 bits per heavy atom. The van der Waals surface area contributed by atoms with Crippen LogP contribution in [0.4, 0.5) is 16.0 Å². The summed E-state index contributed by atoms with van der Waals surface area (Å²) in [6, 6.07) is 13.3. The highest BCUT2D eigenvalue weighted by molar-refractivity contribution is 5.83. The van der Waals surface area contributed by atoms with E-state index in [0.29, 0.717) is 34.3 Å². The maximum atomic E-state index is 13.4. The smallest absolute Gasteiger partial charge is 0.227 e. The Morgan fingerprint density at radius 3 is 2.73 bits per heavy atom. The lowest BCUT2D eigenvalue weighted by molar-refractivity contribution is 0.304. The lowest BCUT2D eigenvalue weighted by Crippen LogP contribution is -2.00. The number of terminal acetylenes is 1. The summed E-state index contributed by atoms with van der Waals surface area (Å²) in [5.74, 6) is 3.68. The van der Waals surface area contributed by atoms with Crippen molar-refractivity contribution in [3.05, 3.63) is 77.9 Å². The molecule has 2 aromatic heterocycles. The predicted octanol–water partition coefficient (Wildman–Crippen LogP) is 4.48. The minimum absolute atomic E-state index is 0.288. The summed E-state index contributed by atoms with van der Waals surface area (Å²) in [6.07, 6.45) is 8.98. The number of ether oxygens (including phenoxy) is 2. The molecule has 0 bridgehead atoms. The molecule has 0 aliphatic carbocycles. The fourth-order valence-electron chi connectivity index (χ4n) is 2.83. The summed E-state index contributed by atoms with van der Waals surface area (Å²) in [7, 11) is 1.56. The van der Waals surface area contributed by atoms with Crippen LogP contribution in [0, 0.1) is 18.2 Å². The molecule has 0 radical (unpaired) electrons. The van der Waals surface area contributed by atoms with E-state index in [0.717, 1.165) is 10.9 Å². The molecule has 0 saturated heterocycles. The van der Waals surface area contributed by atoms with Crippen LogP contribution in [-0.4, -0.2) is 22.1 Å². The van der Waals surface area contributed by atoms with E-state index < -0.39 is 0 Å². The van der Waals surface area contributed by atoms with E-state index in [1.807, 2.05) is 6.07 Å². The molecule has 2 heterocycles. The molecule has 0 saturated carbocycles. The molecule has 0 unspecified atom stereocenters. The molecule has 148 valence electrons. The maximum absolute atomic E-state index is 13.4. The molecule has 0 aliphatic heterocycles. The summed E-state index contributed by atoms with van der Waals surface area (Å²) in [4.78, 5) is 12.9. The molecule has 0 spiro atoms. The van der Waals surface area contributed by atoms with Crippen molar-refractivity contribution in [2.24, 2.45) is 0 Å². The Hall–Kier alpha value is -4.18. The lowest BCUT2D eigenvalue weighted by Gasteiger charge is -2.11. The van der Waals surface area contributed by atoms with Crippen molar-refractivity contribution < 1.29 is 13.9 Å². The Labute approximate surface area is 172 Å². The molecule has 1 N–H and O–H groups in total. The number of halogens is 1. The monoisotopic (exact) mass is 400 g/mol. The van der Waals surface area contributed by atoms with E-state index in [9.17, 15) is 4.39 Å². The van der Waals surface area contributed by atoms with Gasteiger partial charge in [0.05, 0.1) is 18.2 Å². The Bertz CT molecular complexity index is 1240. The van der Waals surface area contributed by atoms with Crippen LogP contribution in [0.5, 0.6) is 11.6 Å². The van der Waals surface area contributed by atoms with Gasteiger partial charge in [-0.05, 0) is 30.3 Å². The molecular formula is C23H17FN4O2. The number of fused-ring (bicyclic) bond motifs is 1. The van der Waals surface area contributed by atoms with Gasteiger partial charge in [-0.2, -0.15) is 0 Å². The highest BCUT2D eigenvalue weighted by Gasteiger charge is 2.09. The van der Waals surface area contributed by atoms with Crippen LogP contribution in [-0.2, 0) is 6.61 Å². The van der Waals surface area contributed by atoms with Gasteiger partial charge in [0.1, 0.15) is 18.2 Å². The number of nitrogens with one attached hydrogen (secondary N) is 1. The third-order valence-electron chi connectivity index (χ3n) is 4.32. The van der Waals surface area contributed by atoms with Gasteiger partial charge in [-0.1, -0.05) is 12.0 Å². The summed E-state index contributed by atoms with van der Waals surface area (Å²) < 4.78 is 24.4. The Balaban J connectivity index is 1.59. The zero-order valence-electron chi connectivity index (χ0n) is 16.1. The van der Waals surface area contributed by atoms with Crippen molar-refractivity contribution in [3.63, 3.8) is 0 Å². The number of nitrogens with zero attached hydrogens (tertiary/aromatic N) is 3. The number of pyridine rings is 1. The summed E-state index contributed by atoms with van der Waals surface area (Å²) >= 11 is 0. The van der Waals surface area contributed by atoms with Crippen LogP contribution in [0.2, 0.25) is 0 Å². The number of anilines is 2. The second-order valence-corrected chi connectivity index (χ2v) is 6.38. The molecule has 0 aliphatic rings. The van der Waals surface area contributed by atoms with Crippen LogP contribution in [0.1, 0.15) is 11.1 Å². The van der Waals surface area contributed by atoms with Gasteiger partial charge in [-0.3, -0.25) is 0 Å². The topological polar surface area (TPSA) is 69.2 Å². The average molecular weight is 400 g/mol. The van der Waals surface area contributed by atoms with Gasteiger partial charge in [0, 0.05) is 41.2 Å². The zero-order chi connectivity index (χ0) is 20.9. The normalized spacial score (nSPS) is 10.4. The molecule has 4 aromatic rings. The highest BCUT2D eigenvalue weighted by atomic mass is 19.1. The molecule has 30 heavy (non-hydrogen) atoms. The Morgan fingerprint density at radius 2 is 2.00 bits per heavy atom. The van der Waals surface area contributed by atoms with E-state index in [1.165, 1.54) is 12.1 Å². The van der Waals surface area contributed by atoms with Crippen molar-refractivity contribution in [1.29, 1.82) is 0 Å². The Kier molecular flexibility index (Phi) is 5.39. The van der Waals surface area contributed by atoms with Gasteiger partial charge in [0.15, 0.2) is 0 Å². The lowest BCUT2D eigenvalue weighted by atomic mass is 10.1. The van der Waals surface area contributed by atoms with Crippen LogP contribution < -0.4 is 14.8 Å². The SMILES string of the molecule is C#Cc1cc2cnc(Nc3cccc(F)c3)nc2cc1OCc1ccc(OC)nc1. The van der Waals surface area contributed by atoms with Gasteiger partial charge >= 0.3 is 0 Å². The number of aromatic nitrogens is 3. The van der Waals surface area contributed by atoms with Gasteiger partial charge in [0.25, 0.3) is 0 Å². The van der Waals surface area contributed by atoms with Crippen LogP contribution in [0.25, 0.3) is 10.9 Å². The molecule has 4 rings (SSSR count). The fraction of sp³-hybridized carbons (Fsp3) is 0.0870. The maximum Gasteiger partial charge on any atom is 0.227 e. The quantitative estimate of drug-likeness (QED) is 0.482. The van der Waals surface area contributed by atoms with Gasteiger partial charge < -0.3 is 14.8 Å². The van der Waals surface area contributed by atoms with Crippen molar-refractivity contribution in [2.45, 2.75) is 6.61 Å². The summed E-state index contributed by atoms with van der Waals surface area (Å²) in [5.41, 5.74) is 2.66. The minimum Gasteiger partial charge on any atom is -0.487 e. The number of hydrogen-bond acceptors (Lipinski definition) is 6. The fourth-order valence-corrected chi connectivity index (χ4v) is 2.83. The number of hydrogen-bond donors (Lipinski definition) is 1. The first-order chi connectivity index (χ1) is 14.6. The van der Waals surface area contributed by atoms with E-state index in [4.69, 9.17) is 15.9 Å². The summed E-state index contributed by atoms with van der Waals surface area (Å²) in [5, 5.41) is 3.76. The van der Waals surface area contributed by atoms with Crippen LogP contribution >= 0.6 is 0 Å². The average Bonchev–Trinajstić information content (AvgIpc) is 2.77. The second kappa shape index (κ2) is 8.45. The van der Waals surface area contributed by atoms with Gasteiger partial charge in [-0.25, -0.2) is 19.3 Å². The largest absolute Gasteiger partial charge is 0.487 e. The van der Waals surface area contributed by atoms with Gasteiger partial charge in [-0.15, -0.1) is 6.42 Å². The third-order valence-corrected chi connectivity index (χ3v) is 4.32. The van der Waals surface area contributed by atoms with Crippen LogP contribution in [0.15, 0.2) is 60.9 Å². The van der Waals surface area contributed by atoms with E-state index >= 15 is 0 Å². The molecule has 6 nitrogen and oxygen atoms in total. The molecule has 0 amide bonds. The van der Waals surface area contributed by atoms with E-state index in [1.54, 1.807) is 49.8 Å². The highest BCUT2D eigenvalue weighted by Crippen LogP contribution is 2.26. The first-order valence-electron chi connectivity index (χ1n) is 9.06. The number of methoxy groups -OCH3 is 1. The molecule has 2 aromatic carbocycles. The minimum atomic E-state index is -0.344. The molecule has 7 heteroatoms. The zero-order valence-corrected chi connectivity index (χ0v) is 16.1. The van der Waals surface area contributed by atoms with Crippen molar-refractivity contribution >= 4 is 22.5 Å². The van der Waals surface area contributed by atoms with Crippen LogP contribution in [0.3, 0.4) is 0 Å². The second-order valence-electron chi connectivity index (χ2n) is 6.38. The van der Waals surface area contributed by atoms with Crippen molar-refractivity contribution in [1.82, 2.24) is 15.0 Å².